The van der Waals surface area contributed by atoms with Gasteiger partial charge in [0.05, 0.1) is 11.4 Å². The van der Waals surface area contributed by atoms with Crippen LogP contribution in [0.4, 0.5) is 13.2 Å². The van der Waals surface area contributed by atoms with E-state index in [1.165, 1.54) is 0 Å². The molecule has 0 N–H and O–H groups in total. The fourth-order valence-corrected chi connectivity index (χ4v) is 3.40. The van der Waals surface area contributed by atoms with E-state index in [2.05, 4.69) is 15.9 Å². The van der Waals surface area contributed by atoms with Gasteiger partial charge in [0.15, 0.2) is 0 Å². The highest BCUT2D eigenvalue weighted by atomic mass is 79.9. The van der Waals surface area contributed by atoms with Crippen molar-refractivity contribution in [2.24, 2.45) is 0 Å². The van der Waals surface area contributed by atoms with Gasteiger partial charge in [-0.1, -0.05) is 15.9 Å². The van der Waals surface area contributed by atoms with Gasteiger partial charge in [-0.3, -0.25) is 0 Å². The maximum absolute atomic E-state index is 12.7. The molecule has 0 aliphatic heterocycles. The highest BCUT2D eigenvalue weighted by Gasteiger charge is 2.26. The van der Waals surface area contributed by atoms with Gasteiger partial charge < -0.3 is 0 Å². The molecule has 102 valence electrons. The van der Waals surface area contributed by atoms with Crippen molar-refractivity contribution in [2.75, 3.05) is 18.4 Å². The average Bonchev–Trinajstić information content (AvgIpc) is 2.28. The third-order valence-corrected chi connectivity index (χ3v) is 4.36. The Morgan fingerprint density at radius 3 is 2.22 bits per heavy atom. The van der Waals surface area contributed by atoms with Gasteiger partial charge in [-0.2, -0.15) is 4.31 Å². The lowest BCUT2D eigenvalue weighted by Gasteiger charge is -2.20. The third-order valence-electron chi connectivity index (χ3n) is 2.13. The first-order valence-corrected chi connectivity index (χ1v) is 7.54. The van der Waals surface area contributed by atoms with E-state index in [0.29, 0.717) is 4.31 Å². The second-order valence-corrected chi connectivity index (χ2v) is 6.13. The topological polar surface area (TPSA) is 37.4 Å². The molecule has 0 radical (unpaired) electrons. The first-order valence-electron chi connectivity index (χ1n) is 4.97. The lowest BCUT2D eigenvalue weighted by atomic mass is 10.4. The zero-order chi connectivity index (χ0) is 13.8. The molecule has 0 aliphatic rings. The molecule has 0 heterocycles. The summed E-state index contributed by atoms with van der Waals surface area (Å²) in [4.78, 5) is -0.203. The second-order valence-electron chi connectivity index (χ2n) is 3.40. The number of hydrogen-bond acceptors (Lipinski definition) is 2. The van der Waals surface area contributed by atoms with E-state index in [1.54, 1.807) is 0 Å². The molecular formula is C10H11BrF3NO2S. The maximum atomic E-state index is 12.7. The summed E-state index contributed by atoms with van der Waals surface area (Å²) in [5.41, 5.74) is 0. The highest BCUT2D eigenvalue weighted by Crippen LogP contribution is 2.17. The molecule has 0 spiro atoms. The lowest BCUT2D eigenvalue weighted by molar-refractivity contribution is 0.121. The van der Waals surface area contributed by atoms with Gasteiger partial charge in [-0.15, -0.1) is 0 Å². The van der Waals surface area contributed by atoms with Crippen LogP contribution in [0.15, 0.2) is 29.2 Å². The van der Waals surface area contributed by atoms with E-state index >= 15 is 0 Å². The number of nitrogens with zero attached hydrogens (tertiary/aromatic N) is 1. The van der Waals surface area contributed by atoms with Crippen LogP contribution < -0.4 is 0 Å². The summed E-state index contributed by atoms with van der Waals surface area (Å²) >= 11 is 3.01. The van der Waals surface area contributed by atoms with Gasteiger partial charge in [0.2, 0.25) is 10.0 Å². The number of rotatable bonds is 6. The Morgan fingerprint density at radius 2 is 1.78 bits per heavy atom. The van der Waals surface area contributed by atoms with Crippen LogP contribution in [-0.4, -0.2) is 37.6 Å². The number of halogens is 4. The van der Waals surface area contributed by atoms with Crippen molar-refractivity contribution in [1.29, 1.82) is 0 Å². The minimum absolute atomic E-state index is 0.0793. The van der Waals surface area contributed by atoms with Gasteiger partial charge in [0.1, 0.15) is 5.82 Å². The van der Waals surface area contributed by atoms with Crippen molar-refractivity contribution in [3.63, 3.8) is 0 Å². The van der Waals surface area contributed by atoms with E-state index in [9.17, 15) is 21.6 Å². The monoisotopic (exact) mass is 345 g/mol. The quantitative estimate of drug-likeness (QED) is 0.743. The van der Waals surface area contributed by atoms with E-state index in [4.69, 9.17) is 0 Å². The predicted molar refractivity (Wildman–Crippen MR) is 65.0 cm³/mol. The minimum Gasteiger partial charge on any atom is -0.209 e. The number of alkyl halides is 3. The summed E-state index contributed by atoms with van der Waals surface area (Å²) in [6.07, 6.45) is -2.76. The molecule has 1 aromatic carbocycles. The Kier molecular flexibility index (Phi) is 5.61. The van der Waals surface area contributed by atoms with Crippen molar-refractivity contribution in [2.45, 2.75) is 11.3 Å². The molecule has 0 saturated carbocycles. The van der Waals surface area contributed by atoms with Crippen LogP contribution >= 0.6 is 15.9 Å². The zero-order valence-electron chi connectivity index (χ0n) is 9.19. The van der Waals surface area contributed by atoms with Gasteiger partial charge >= 0.3 is 0 Å². The van der Waals surface area contributed by atoms with E-state index in [-0.39, 0.29) is 16.8 Å². The van der Waals surface area contributed by atoms with Crippen LogP contribution in [-0.2, 0) is 10.0 Å². The van der Waals surface area contributed by atoms with Gasteiger partial charge in [-0.05, 0) is 24.3 Å². The summed E-state index contributed by atoms with van der Waals surface area (Å²) in [5, 5.41) is 0.236. The first-order chi connectivity index (χ1) is 8.37. The van der Waals surface area contributed by atoms with Crippen LogP contribution in [0.3, 0.4) is 0 Å². The number of sulfonamides is 1. The summed E-state index contributed by atoms with van der Waals surface area (Å²) in [6, 6.07) is 4.05. The average molecular weight is 346 g/mol. The summed E-state index contributed by atoms with van der Waals surface area (Å²) in [7, 11) is -4.02. The standard InChI is InChI=1S/C10H11BrF3NO2S/c11-5-6-15(7-10(13)14)18(16,17)9-3-1-8(12)2-4-9/h1-4,10H,5-7H2. The number of hydrogen-bond donors (Lipinski definition) is 0. The molecule has 0 aromatic heterocycles. The van der Waals surface area contributed by atoms with Crippen LogP contribution in [0.2, 0.25) is 0 Å². The molecule has 0 amide bonds. The molecule has 0 fully saturated rings. The molecule has 1 aromatic rings. The fourth-order valence-electron chi connectivity index (χ4n) is 1.31. The van der Waals surface area contributed by atoms with Crippen molar-refractivity contribution >= 4 is 26.0 Å². The fraction of sp³-hybridized carbons (Fsp3) is 0.400. The molecule has 8 heteroatoms. The molecule has 0 aliphatic carbocycles. The summed E-state index contributed by atoms with van der Waals surface area (Å²) in [6.45, 7) is -0.963. The van der Waals surface area contributed by atoms with E-state index in [0.717, 1.165) is 24.3 Å². The van der Waals surface area contributed by atoms with Crippen molar-refractivity contribution < 1.29 is 21.6 Å². The molecule has 0 atom stereocenters. The normalized spacial score (nSPS) is 12.3. The van der Waals surface area contributed by atoms with Crippen molar-refractivity contribution in [1.82, 2.24) is 4.31 Å². The van der Waals surface area contributed by atoms with Gasteiger partial charge in [0, 0.05) is 11.9 Å². The van der Waals surface area contributed by atoms with Crippen LogP contribution in [0, 0.1) is 5.82 Å². The molecular weight excluding hydrogens is 335 g/mol. The Bertz CT molecular complexity index is 478. The molecule has 0 unspecified atom stereocenters. The Hall–Kier alpha value is -0.600. The van der Waals surface area contributed by atoms with Crippen molar-refractivity contribution in [3.05, 3.63) is 30.1 Å². The lowest BCUT2D eigenvalue weighted by Crippen LogP contribution is -2.36. The maximum Gasteiger partial charge on any atom is 0.252 e. The smallest absolute Gasteiger partial charge is 0.209 e. The van der Waals surface area contributed by atoms with Crippen LogP contribution in [0.1, 0.15) is 0 Å². The van der Waals surface area contributed by atoms with Crippen LogP contribution in [0.25, 0.3) is 0 Å². The third kappa shape index (κ3) is 3.96. The minimum atomic E-state index is -4.02. The predicted octanol–water partition coefficient (Wildman–Crippen LogP) is 2.48. The Balaban J connectivity index is 3.04. The molecule has 0 bridgehead atoms. The number of benzene rings is 1. The molecule has 0 saturated heterocycles. The van der Waals surface area contributed by atoms with Gasteiger partial charge in [-0.25, -0.2) is 21.6 Å². The van der Waals surface area contributed by atoms with Crippen molar-refractivity contribution in [3.8, 4) is 0 Å². The summed E-state index contributed by atoms with van der Waals surface area (Å²) in [5.74, 6) is -0.588. The first kappa shape index (κ1) is 15.5. The van der Waals surface area contributed by atoms with E-state index < -0.39 is 28.8 Å². The molecule has 1 rings (SSSR count). The zero-order valence-corrected chi connectivity index (χ0v) is 11.6. The second kappa shape index (κ2) is 6.53. The van der Waals surface area contributed by atoms with Crippen LogP contribution in [0.5, 0.6) is 0 Å². The summed E-state index contributed by atoms with van der Waals surface area (Å²) < 4.78 is 62.1. The van der Waals surface area contributed by atoms with E-state index in [1.807, 2.05) is 0 Å². The Morgan fingerprint density at radius 1 is 1.22 bits per heavy atom. The molecule has 3 nitrogen and oxygen atoms in total. The SMILES string of the molecule is O=S(=O)(c1ccc(F)cc1)N(CCBr)CC(F)F. The Labute approximate surface area is 112 Å². The molecule has 18 heavy (non-hydrogen) atoms. The largest absolute Gasteiger partial charge is 0.252 e. The van der Waals surface area contributed by atoms with Gasteiger partial charge in [0.25, 0.3) is 6.43 Å². The highest BCUT2D eigenvalue weighted by molar-refractivity contribution is 9.09.